The van der Waals surface area contributed by atoms with Gasteiger partial charge in [0.15, 0.2) is 6.10 Å². The number of benzene rings is 3. The highest BCUT2D eigenvalue weighted by molar-refractivity contribution is 5.97. The van der Waals surface area contributed by atoms with E-state index in [4.69, 9.17) is 9.47 Å². The van der Waals surface area contributed by atoms with E-state index in [1.807, 2.05) is 91.0 Å². The van der Waals surface area contributed by atoms with Gasteiger partial charge in [0.2, 0.25) is 5.78 Å². The van der Waals surface area contributed by atoms with Crippen molar-refractivity contribution in [3.63, 3.8) is 0 Å². The predicted molar refractivity (Wildman–Crippen MR) is 145 cm³/mol. The zero-order chi connectivity index (χ0) is 26.8. The molecule has 2 bridgehead atoms. The Labute approximate surface area is 240 Å². The van der Waals surface area contributed by atoms with E-state index in [1.54, 1.807) is 0 Å². The SMILES string of the molecule is CC(=O)OC1C[N+]2(CC(=O)c3ccccc3)CCC1CC2.O=C(Nc1ccccc1)OCc1ccccc1.[Br-]. The van der Waals surface area contributed by atoms with Crippen LogP contribution in [-0.2, 0) is 20.9 Å². The third kappa shape index (κ3) is 9.04. The van der Waals surface area contributed by atoms with E-state index in [9.17, 15) is 14.4 Å². The van der Waals surface area contributed by atoms with Gasteiger partial charge in [0.05, 0.1) is 13.1 Å². The number of Topliss-reactive ketones (excluding diaryl/α,β-unsaturated/α-hetero) is 1. The zero-order valence-corrected chi connectivity index (χ0v) is 23.7. The average Bonchev–Trinajstić information content (AvgIpc) is 2.94. The van der Waals surface area contributed by atoms with Crippen molar-refractivity contribution in [1.29, 1.82) is 0 Å². The van der Waals surface area contributed by atoms with Gasteiger partial charge in [0, 0.05) is 36.9 Å². The molecule has 6 rings (SSSR count). The highest BCUT2D eigenvalue weighted by atomic mass is 79.9. The Bertz CT molecular complexity index is 1200. The zero-order valence-electron chi connectivity index (χ0n) is 22.1. The molecule has 1 N–H and O–H groups in total. The molecule has 39 heavy (non-hydrogen) atoms. The van der Waals surface area contributed by atoms with Crippen molar-refractivity contribution in [2.45, 2.75) is 32.5 Å². The minimum atomic E-state index is -0.444. The van der Waals surface area contributed by atoms with Crippen LogP contribution in [-0.4, -0.2) is 54.6 Å². The Kier molecular flexibility index (Phi) is 11.3. The molecule has 1 unspecified atom stereocenters. The first-order valence-corrected chi connectivity index (χ1v) is 13.1. The molecule has 3 aliphatic heterocycles. The van der Waals surface area contributed by atoms with Crippen LogP contribution in [0.1, 0.15) is 35.7 Å². The van der Waals surface area contributed by atoms with Crippen molar-refractivity contribution in [2.24, 2.45) is 5.92 Å². The maximum Gasteiger partial charge on any atom is 0.411 e. The van der Waals surface area contributed by atoms with Crippen LogP contribution < -0.4 is 22.3 Å². The van der Waals surface area contributed by atoms with Gasteiger partial charge in [-0.2, -0.15) is 0 Å². The summed E-state index contributed by atoms with van der Waals surface area (Å²) in [5, 5.41) is 2.65. The number of hydrogen-bond acceptors (Lipinski definition) is 5. The second-order valence-electron chi connectivity index (χ2n) is 9.96. The fraction of sp³-hybridized carbons (Fsp3) is 0.323. The van der Waals surface area contributed by atoms with Gasteiger partial charge in [-0.05, 0) is 17.7 Å². The van der Waals surface area contributed by atoms with Crippen molar-refractivity contribution < 1.29 is 45.3 Å². The topological polar surface area (TPSA) is 81.7 Å². The van der Waals surface area contributed by atoms with Gasteiger partial charge >= 0.3 is 12.1 Å². The van der Waals surface area contributed by atoms with E-state index in [0.29, 0.717) is 12.5 Å². The third-order valence-corrected chi connectivity index (χ3v) is 7.17. The van der Waals surface area contributed by atoms with Gasteiger partial charge in [-0.15, -0.1) is 0 Å². The molecule has 7 nitrogen and oxygen atoms in total. The highest BCUT2D eigenvalue weighted by Crippen LogP contribution is 2.35. The molecule has 206 valence electrons. The molecular weight excluding hydrogens is 560 g/mol. The van der Waals surface area contributed by atoms with Gasteiger partial charge < -0.3 is 30.9 Å². The molecule has 3 saturated heterocycles. The van der Waals surface area contributed by atoms with Crippen molar-refractivity contribution in [2.75, 3.05) is 31.5 Å². The van der Waals surface area contributed by atoms with Gasteiger partial charge in [0.1, 0.15) is 19.7 Å². The standard InChI is InChI=1S/C17H22NO3.C14H13NO2.BrH/c1-13(19)21-17-12-18(9-7-15(17)8-10-18)11-16(20)14-5-3-2-4-6-14;16-14(15-13-9-5-2-6-10-13)17-11-12-7-3-1-4-8-12;/h2-6,15,17H,7-12H2,1H3;1-10H,11H2,(H,15,16);1H/q+1;;/p-1. The lowest BCUT2D eigenvalue weighted by molar-refractivity contribution is -0.938. The van der Waals surface area contributed by atoms with Crippen molar-refractivity contribution in [3.8, 4) is 0 Å². The molecular formula is C31H35BrN2O5. The maximum atomic E-state index is 12.5. The molecule has 1 amide bonds. The second kappa shape index (κ2) is 14.6. The lowest BCUT2D eigenvalue weighted by atomic mass is 9.83. The largest absolute Gasteiger partial charge is 1.00 e. The van der Waals surface area contributed by atoms with Gasteiger partial charge in [-0.3, -0.25) is 14.9 Å². The van der Waals surface area contributed by atoms with E-state index >= 15 is 0 Å². The number of nitrogens with zero attached hydrogens (tertiary/aromatic N) is 1. The fourth-order valence-electron chi connectivity index (χ4n) is 5.21. The summed E-state index contributed by atoms with van der Waals surface area (Å²) in [7, 11) is 0. The molecule has 8 heteroatoms. The van der Waals surface area contributed by atoms with Crippen molar-refractivity contribution in [3.05, 3.63) is 102 Å². The number of fused-ring (bicyclic) bond motifs is 3. The summed E-state index contributed by atoms with van der Waals surface area (Å²) in [6.45, 7) is 5.12. The first-order chi connectivity index (χ1) is 18.4. The molecule has 0 spiro atoms. The number of rotatable bonds is 7. The molecule has 0 aromatic heterocycles. The number of nitrogens with one attached hydrogen (secondary N) is 1. The monoisotopic (exact) mass is 594 g/mol. The van der Waals surface area contributed by atoms with Gasteiger partial charge in [0.25, 0.3) is 0 Å². The quantitative estimate of drug-likeness (QED) is 0.258. The first kappa shape index (κ1) is 30.1. The van der Waals surface area contributed by atoms with Crippen LogP contribution in [0, 0.1) is 5.92 Å². The van der Waals surface area contributed by atoms with Crippen LogP contribution in [0.2, 0.25) is 0 Å². The summed E-state index contributed by atoms with van der Waals surface area (Å²) >= 11 is 0. The molecule has 3 aromatic rings. The number of ether oxygens (including phenoxy) is 2. The second-order valence-corrected chi connectivity index (χ2v) is 9.96. The van der Waals surface area contributed by atoms with E-state index in [2.05, 4.69) is 5.32 Å². The summed E-state index contributed by atoms with van der Waals surface area (Å²) < 4.78 is 11.3. The normalized spacial score (nSPS) is 20.8. The van der Waals surface area contributed by atoms with Crippen molar-refractivity contribution in [1.82, 2.24) is 0 Å². The Hall–Kier alpha value is -3.49. The van der Waals surface area contributed by atoms with Crippen LogP contribution in [0.25, 0.3) is 0 Å². The Morgan fingerprint density at radius 2 is 1.41 bits per heavy atom. The minimum absolute atomic E-state index is 0. The lowest BCUT2D eigenvalue weighted by Gasteiger charge is -2.51. The number of para-hydroxylation sites is 1. The number of hydrogen-bond donors (Lipinski definition) is 1. The predicted octanol–water partition coefficient (Wildman–Crippen LogP) is 2.48. The van der Waals surface area contributed by atoms with Crippen LogP contribution in [0.5, 0.6) is 0 Å². The summed E-state index contributed by atoms with van der Waals surface area (Å²) in [6, 6.07) is 28.3. The Balaban J connectivity index is 0.000000215. The van der Waals surface area contributed by atoms with Crippen LogP contribution in [0.4, 0.5) is 10.5 Å². The smallest absolute Gasteiger partial charge is 0.411 e. The van der Waals surface area contributed by atoms with Crippen LogP contribution in [0.15, 0.2) is 91.0 Å². The fourth-order valence-corrected chi connectivity index (χ4v) is 5.21. The first-order valence-electron chi connectivity index (χ1n) is 13.1. The molecule has 3 heterocycles. The van der Waals surface area contributed by atoms with Gasteiger partial charge in [-0.25, -0.2) is 4.79 Å². The molecule has 0 saturated carbocycles. The number of quaternary nitrogens is 1. The van der Waals surface area contributed by atoms with Crippen LogP contribution in [0.3, 0.4) is 0 Å². The Morgan fingerprint density at radius 1 is 0.846 bits per heavy atom. The van der Waals surface area contributed by atoms with E-state index in [-0.39, 0.29) is 41.4 Å². The number of halogens is 1. The molecule has 0 aliphatic carbocycles. The minimum Gasteiger partial charge on any atom is -1.00 e. The molecule has 3 fully saturated rings. The number of carbonyl (C=O) groups is 3. The number of carbonyl (C=O) groups excluding carboxylic acids is 3. The molecule has 1 atom stereocenters. The van der Waals surface area contributed by atoms with E-state index < -0.39 is 6.09 Å². The van der Waals surface area contributed by atoms with E-state index in [0.717, 1.165) is 53.8 Å². The lowest BCUT2D eigenvalue weighted by Crippen LogP contribution is -3.00. The van der Waals surface area contributed by atoms with Crippen molar-refractivity contribution >= 4 is 23.5 Å². The van der Waals surface area contributed by atoms with E-state index in [1.165, 1.54) is 6.92 Å². The number of amides is 1. The third-order valence-electron chi connectivity index (χ3n) is 7.17. The average molecular weight is 596 g/mol. The molecule has 0 radical (unpaired) electrons. The number of ketones is 1. The van der Waals surface area contributed by atoms with Crippen LogP contribution >= 0.6 is 0 Å². The number of piperidine rings is 3. The summed E-state index contributed by atoms with van der Waals surface area (Å²) in [5.74, 6) is 0.472. The number of esters is 1. The maximum absolute atomic E-state index is 12.5. The summed E-state index contributed by atoms with van der Waals surface area (Å²) in [5.41, 5.74) is 2.48. The Morgan fingerprint density at radius 3 is 2.00 bits per heavy atom. The molecule has 3 aliphatic rings. The number of anilines is 1. The van der Waals surface area contributed by atoms with Gasteiger partial charge in [-0.1, -0.05) is 78.9 Å². The summed E-state index contributed by atoms with van der Waals surface area (Å²) in [4.78, 5) is 35.2. The highest BCUT2D eigenvalue weighted by Gasteiger charge is 2.48. The molecule has 3 aromatic carbocycles. The summed E-state index contributed by atoms with van der Waals surface area (Å²) in [6.07, 6.45) is 1.66.